The predicted octanol–water partition coefficient (Wildman–Crippen LogP) is 7.57. The van der Waals surface area contributed by atoms with Gasteiger partial charge in [-0.1, -0.05) is 50.6 Å². The van der Waals surface area contributed by atoms with E-state index in [0.29, 0.717) is 23.4 Å². The van der Waals surface area contributed by atoms with Crippen LogP contribution in [0.15, 0.2) is 60.0 Å². The van der Waals surface area contributed by atoms with Crippen molar-refractivity contribution in [3.05, 3.63) is 65.5 Å². The molecule has 2 heteroatoms. The fourth-order valence-electron chi connectivity index (χ4n) is 8.21. The maximum Gasteiger partial charge on any atom is 0.0346 e. The van der Waals surface area contributed by atoms with Gasteiger partial charge < -0.3 is 5.32 Å². The van der Waals surface area contributed by atoms with Gasteiger partial charge in [-0.3, -0.25) is 4.98 Å². The number of pyridine rings is 1. The van der Waals surface area contributed by atoms with E-state index < -0.39 is 0 Å². The number of hydrogen-bond acceptors (Lipinski definition) is 2. The lowest BCUT2D eigenvalue weighted by Gasteiger charge is -2.44. The molecule has 4 aliphatic carbocycles. The van der Waals surface area contributed by atoms with Crippen LogP contribution in [0.3, 0.4) is 0 Å². The minimum atomic E-state index is 0.389. The van der Waals surface area contributed by atoms with Crippen LogP contribution >= 0.6 is 0 Å². The van der Waals surface area contributed by atoms with Crippen molar-refractivity contribution in [2.45, 2.75) is 90.1 Å². The van der Waals surface area contributed by atoms with Crippen LogP contribution in [-0.2, 0) is 0 Å². The second kappa shape index (κ2) is 8.38. The highest BCUT2D eigenvalue weighted by atomic mass is 14.9. The lowest BCUT2D eigenvalue weighted by atomic mass is 9.60. The molecule has 6 rings (SSSR count). The van der Waals surface area contributed by atoms with E-state index in [-0.39, 0.29) is 0 Å². The zero-order chi connectivity index (χ0) is 22.6. The number of aromatic nitrogens is 1. The molecule has 2 fully saturated rings. The summed E-state index contributed by atoms with van der Waals surface area (Å²) in [5, 5.41) is 6.43. The summed E-state index contributed by atoms with van der Waals surface area (Å²) >= 11 is 0. The summed E-state index contributed by atoms with van der Waals surface area (Å²) in [7, 11) is 0. The first-order chi connectivity index (χ1) is 16.0. The molecule has 33 heavy (non-hydrogen) atoms. The third kappa shape index (κ3) is 3.79. The number of nitrogens with zero attached hydrogens (tertiary/aromatic N) is 1. The molecule has 0 saturated heterocycles. The van der Waals surface area contributed by atoms with Crippen molar-refractivity contribution in [1.82, 2.24) is 10.3 Å². The Hall–Kier alpha value is -1.93. The molecule has 6 unspecified atom stereocenters. The highest BCUT2D eigenvalue weighted by Gasteiger charge is 2.52. The molecule has 0 spiro atoms. The molecule has 1 aromatic heterocycles. The zero-order valence-corrected chi connectivity index (χ0v) is 20.7. The maximum atomic E-state index is 4.38. The Balaban J connectivity index is 1.25. The fourth-order valence-corrected chi connectivity index (χ4v) is 8.21. The third-order valence-electron chi connectivity index (χ3n) is 9.79. The second-order valence-electron chi connectivity index (χ2n) is 12.0. The van der Waals surface area contributed by atoms with E-state index in [0.717, 1.165) is 17.8 Å². The van der Waals surface area contributed by atoms with Crippen LogP contribution in [-0.4, -0.2) is 17.1 Å². The van der Waals surface area contributed by atoms with Crippen LogP contribution in [0.4, 0.5) is 0 Å². The van der Waals surface area contributed by atoms with Gasteiger partial charge >= 0.3 is 0 Å². The molecule has 1 heterocycles. The average molecular weight is 441 g/mol. The molecular formula is C31H40N2. The number of allylic oxidation sites excluding steroid dienone is 4. The molecule has 2 nitrogen and oxygen atoms in total. The van der Waals surface area contributed by atoms with Crippen LogP contribution in [0.25, 0.3) is 10.8 Å². The summed E-state index contributed by atoms with van der Waals surface area (Å²) in [6, 6.07) is 10.6. The predicted molar refractivity (Wildman–Crippen MR) is 138 cm³/mol. The monoisotopic (exact) mass is 440 g/mol. The minimum absolute atomic E-state index is 0.389. The van der Waals surface area contributed by atoms with Crippen LogP contribution in [0.1, 0.15) is 83.6 Å². The van der Waals surface area contributed by atoms with Gasteiger partial charge in [-0.2, -0.15) is 0 Å². The van der Waals surface area contributed by atoms with Crippen LogP contribution in [0.5, 0.6) is 0 Å². The Labute approximate surface area is 200 Å². The fraction of sp³-hybridized carbons (Fsp3) is 0.581. The van der Waals surface area contributed by atoms with E-state index >= 15 is 0 Å². The molecule has 6 atom stereocenters. The van der Waals surface area contributed by atoms with E-state index in [1.165, 1.54) is 62.1 Å². The van der Waals surface area contributed by atoms with Gasteiger partial charge in [0, 0.05) is 29.9 Å². The van der Waals surface area contributed by atoms with Gasteiger partial charge in [0.2, 0.25) is 0 Å². The van der Waals surface area contributed by atoms with Gasteiger partial charge in [0.15, 0.2) is 0 Å². The summed E-state index contributed by atoms with van der Waals surface area (Å²) < 4.78 is 0. The molecule has 2 aromatic rings. The number of rotatable bonds is 3. The van der Waals surface area contributed by atoms with Crippen LogP contribution in [0.2, 0.25) is 0 Å². The smallest absolute Gasteiger partial charge is 0.0346 e. The molecule has 0 amide bonds. The molecule has 1 N–H and O–H groups in total. The Kier molecular flexibility index (Phi) is 5.48. The van der Waals surface area contributed by atoms with Crippen molar-refractivity contribution in [3.8, 4) is 0 Å². The first-order valence-corrected chi connectivity index (χ1v) is 13.5. The van der Waals surface area contributed by atoms with Crippen LogP contribution in [0, 0.1) is 23.2 Å². The Morgan fingerprint density at radius 3 is 2.82 bits per heavy atom. The van der Waals surface area contributed by atoms with Crippen LogP contribution < -0.4 is 5.32 Å². The van der Waals surface area contributed by atoms with Gasteiger partial charge in [-0.25, -0.2) is 0 Å². The molecule has 4 aliphatic rings. The summed E-state index contributed by atoms with van der Waals surface area (Å²) in [5.74, 6) is 3.07. The van der Waals surface area contributed by atoms with Gasteiger partial charge in [-0.05, 0) is 109 Å². The van der Waals surface area contributed by atoms with Crippen molar-refractivity contribution in [3.63, 3.8) is 0 Å². The van der Waals surface area contributed by atoms with Crippen molar-refractivity contribution in [1.29, 1.82) is 0 Å². The normalized spacial score (nSPS) is 35.9. The number of benzene rings is 1. The Morgan fingerprint density at radius 1 is 1.03 bits per heavy atom. The summed E-state index contributed by atoms with van der Waals surface area (Å²) in [6.07, 6.45) is 20.0. The number of nitrogens with one attached hydrogen (secondary N) is 1. The maximum absolute atomic E-state index is 4.38. The first-order valence-electron chi connectivity index (χ1n) is 13.5. The van der Waals surface area contributed by atoms with Gasteiger partial charge in [-0.15, -0.1) is 0 Å². The van der Waals surface area contributed by atoms with Crippen molar-refractivity contribution in [2.24, 2.45) is 23.2 Å². The lowest BCUT2D eigenvalue weighted by Crippen LogP contribution is -2.39. The van der Waals surface area contributed by atoms with Gasteiger partial charge in [0.05, 0.1) is 0 Å². The highest BCUT2D eigenvalue weighted by molar-refractivity contribution is 5.82. The summed E-state index contributed by atoms with van der Waals surface area (Å²) in [4.78, 5) is 4.38. The second-order valence-corrected chi connectivity index (χ2v) is 12.0. The quantitative estimate of drug-likeness (QED) is 0.532. The van der Waals surface area contributed by atoms with E-state index in [4.69, 9.17) is 0 Å². The summed E-state index contributed by atoms with van der Waals surface area (Å²) in [6.45, 7) is 7.20. The zero-order valence-electron chi connectivity index (χ0n) is 20.7. The highest BCUT2D eigenvalue weighted by Crippen LogP contribution is 2.62. The van der Waals surface area contributed by atoms with Gasteiger partial charge in [0.1, 0.15) is 0 Å². The van der Waals surface area contributed by atoms with Crippen molar-refractivity contribution < 1.29 is 0 Å². The lowest BCUT2D eigenvalue weighted by molar-refractivity contribution is 0.136. The molecule has 2 saturated carbocycles. The van der Waals surface area contributed by atoms with Crippen molar-refractivity contribution in [2.75, 3.05) is 0 Å². The summed E-state index contributed by atoms with van der Waals surface area (Å²) in [5.41, 5.74) is 5.40. The standard InChI is InChI=1S/C31H40N2/c1-20(2)33-27-8-6-22-16-24-12-14-31(3)29(10-11-30(31)28(24)9-7-23(22)18-27)25-5-4-21-13-15-32-19-26(21)17-25/h4-5,12-13,15-17,19-20,23,27-30,33H,6-11,14,18H2,1-3H3. The number of fused-ring (bicyclic) bond motifs is 5. The molecule has 0 aliphatic heterocycles. The third-order valence-corrected chi connectivity index (χ3v) is 9.79. The molecular weight excluding hydrogens is 400 g/mol. The molecule has 0 radical (unpaired) electrons. The van der Waals surface area contributed by atoms with E-state index in [2.05, 4.69) is 67.5 Å². The van der Waals surface area contributed by atoms with Gasteiger partial charge in [0.25, 0.3) is 0 Å². The molecule has 1 aromatic carbocycles. The Bertz CT molecular complexity index is 1100. The molecule has 174 valence electrons. The van der Waals surface area contributed by atoms with E-state index in [1.807, 2.05) is 12.4 Å². The minimum Gasteiger partial charge on any atom is -0.312 e. The van der Waals surface area contributed by atoms with E-state index in [1.54, 1.807) is 16.7 Å². The topological polar surface area (TPSA) is 24.9 Å². The number of hydrogen-bond donors (Lipinski definition) is 1. The SMILES string of the molecule is CC(C)NC1CCC2=CC3=CCC4(C)C(c5ccc6ccncc6c5)CCC4C3CCC2C1. The van der Waals surface area contributed by atoms with Crippen molar-refractivity contribution >= 4 is 10.8 Å². The largest absolute Gasteiger partial charge is 0.312 e. The Morgan fingerprint density at radius 2 is 1.94 bits per heavy atom. The van der Waals surface area contributed by atoms with E-state index in [9.17, 15) is 0 Å². The molecule has 0 bridgehead atoms. The average Bonchev–Trinajstić information content (AvgIpc) is 3.05. The first kappa shape index (κ1) is 21.6.